The molecular formula is C17H26ClN3O3S. The van der Waals surface area contributed by atoms with Crippen LogP contribution in [0.25, 0.3) is 0 Å². The molecule has 0 heterocycles. The lowest BCUT2D eigenvalue weighted by molar-refractivity contribution is 0.0949. The average Bonchev–Trinajstić information content (AvgIpc) is 2.50. The molecule has 0 radical (unpaired) electrons. The van der Waals surface area contributed by atoms with Crippen LogP contribution in [0, 0.1) is 5.92 Å². The number of halogens is 1. The van der Waals surface area contributed by atoms with Crippen LogP contribution in [-0.4, -0.2) is 40.7 Å². The summed E-state index contributed by atoms with van der Waals surface area (Å²) in [4.78, 5) is 24.0. The van der Waals surface area contributed by atoms with Crippen molar-refractivity contribution in [2.24, 2.45) is 5.92 Å². The maximum Gasteiger partial charge on any atom is 0.319 e. The number of nitrogens with one attached hydrogen (secondary N) is 3. The number of carbonyl (C=O) groups is 2. The smallest absolute Gasteiger partial charge is 0.319 e. The highest BCUT2D eigenvalue weighted by atomic mass is 35.5. The first-order valence-corrected chi connectivity index (χ1v) is 10.2. The normalized spacial score (nSPS) is 13.2. The molecule has 0 saturated heterocycles. The summed E-state index contributed by atoms with van der Waals surface area (Å²) in [6.45, 7) is 6.43. The first kappa shape index (κ1) is 21.4. The number of carbonyl (C=O) groups excluding carboxylic acids is 2. The fourth-order valence-electron chi connectivity index (χ4n) is 1.97. The first-order chi connectivity index (χ1) is 11.7. The van der Waals surface area contributed by atoms with Crippen molar-refractivity contribution >= 4 is 40.0 Å². The molecule has 8 heteroatoms. The van der Waals surface area contributed by atoms with E-state index in [0.717, 1.165) is 0 Å². The number of benzene rings is 1. The third-order valence-electron chi connectivity index (χ3n) is 3.36. The zero-order valence-corrected chi connectivity index (χ0v) is 16.6. The number of rotatable bonds is 8. The molecule has 0 aliphatic carbocycles. The molecule has 0 fully saturated rings. The Morgan fingerprint density at radius 3 is 2.48 bits per heavy atom. The Kier molecular flexibility index (Phi) is 8.92. The third-order valence-corrected chi connectivity index (χ3v) is 4.48. The van der Waals surface area contributed by atoms with Gasteiger partial charge in [-0.2, -0.15) is 0 Å². The molecule has 140 valence electrons. The van der Waals surface area contributed by atoms with Gasteiger partial charge in [-0.15, -0.1) is 0 Å². The maximum atomic E-state index is 12.1. The second-order valence-corrected chi connectivity index (χ2v) is 8.33. The molecule has 0 spiro atoms. The summed E-state index contributed by atoms with van der Waals surface area (Å²) in [5.74, 6) is 0.642. The molecule has 0 unspecified atom stereocenters. The number of anilines is 1. The Hall–Kier alpha value is -1.60. The maximum absolute atomic E-state index is 12.1. The van der Waals surface area contributed by atoms with Crippen LogP contribution in [0.15, 0.2) is 18.2 Å². The van der Waals surface area contributed by atoms with Gasteiger partial charge in [0, 0.05) is 41.1 Å². The Morgan fingerprint density at radius 1 is 1.24 bits per heavy atom. The molecule has 0 aliphatic rings. The lowest BCUT2D eigenvalue weighted by Gasteiger charge is -2.15. The number of hydrogen-bond donors (Lipinski definition) is 3. The quantitative estimate of drug-likeness (QED) is 0.640. The summed E-state index contributed by atoms with van der Waals surface area (Å²) < 4.78 is 11.1. The van der Waals surface area contributed by atoms with Gasteiger partial charge in [0.25, 0.3) is 5.91 Å². The van der Waals surface area contributed by atoms with Crippen LogP contribution in [-0.2, 0) is 10.8 Å². The molecule has 0 aromatic heterocycles. The van der Waals surface area contributed by atoms with E-state index < -0.39 is 10.8 Å². The second-order valence-electron chi connectivity index (χ2n) is 6.36. The standard InChI is InChI=1S/C17H26ClN3O3S/c1-11(2)10-19-16(22)14-6-5-13(9-15(14)18)21-17(23)20-12(3)7-8-25(4)24/h5-6,9,11-12H,7-8,10H2,1-4H3,(H,19,22)(H2,20,21,23)/t12-,25+/m1/s1. The van der Waals surface area contributed by atoms with Crippen LogP contribution >= 0.6 is 11.6 Å². The summed E-state index contributed by atoms with van der Waals surface area (Å²) in [5, 5.41) is 8.51. The number of hydrogen-bond acceptors (Lipinski definition) is 3. The number of amides is 3. The molecule has 0 aliphatic heterocycles. The van der Waals surface area contributed by atoms with E-state index in [2.05, 4.69) is 16.0 Å². The Bertz CT molecular complexity index is 638. The highest BCUT2D eigenvalue weighted by Gasteiger charge is 2.13. The van der Waals surface area contributed by atoms with E-state index in [9.17, 15) is 13.8 Å². The van der Waals surface area contributed by atoms with Crippen molar-refractivity contribution in [1.29, 1.82) is 0 Å². The van der Waals surface area contributed by atoms with Crippen molar-refractivity contribution in [2.45, 2.75) is 33.2 Å². The van der Waals surface area contributed by atoms with Gasteiger partial charge >= 0.3 is 6.03 Å². The van der Waals surface area contributed by atoms with Crippen LogP contribution in [0.1, 0.15) is 37.6 Å². The Labute approximate surface area is 156 Å². The summed E-state index contributed by atoms with van der Waals surface area (Å²) in [6, 6.07) is 4.28. The zero-order chi connectivity index (χ0) is 19.0. The minimum atomic E-state index is -0.881. The SMILES string of the molecule is CC(C)CNC(=O)c1ccc(NC(=O)N[C@H](C)CC[S@](C)=O)cc1Cl. The van der Waals surface area contributed by atoms with Crippen molar-refractivity contribution in [3.63, 3.8) is 0 Å². The van der Waals surface area contributed by atoms with E-state index in [-0.39, 0.29) is 23.0 Å². The molecular weight excluding hydrogens is 362 g/mol. The average molecular weight is 388 g/mol. The van der Waals surface area contributed by atoms with Crippen molar-refractivity contribution in [3.05, 3.63) is 28.8 Å². The van der Waals surface area contributed by atoms with Gasteiger partial charge < -0.3 is 16.0 Å². The zero-order valence-electron chi connectivity index (χ0n) is 15.0. The van der Waals surface area contributed by atoms with E-state index in [0.29, 0.717) is 35.9 Å². The summed E-state index contributed by atoms with van der Waals surface area (Å²) in [7, 11) is -0.881. The lowest BCUT2D eigenvalue weighted by atomic mass is 10.1. The van der Waals surface area contributed by atoms with E-state index >= 15 is 0 Å². The van der Waals surface area contributed by atoms with Gasteiger partial charge in [0.15, 0.2) is 0 Å². The van der Waals surface area contributed by atoms with Crippen molar-refractivity contribution < 1.29 is 13.8 Å². The Morgan fingerprint density at radius 2 is 1.92 bits per heavy atom. The summed E-state index contributed by atoms with van der Waals surface area (Å²) in [5.41, 5.74) is 0.862. The van der Waals surface area contributed by atoms with E-state index in [1.165, 1.54) is 6.07 Å². The predicted molar refractivity (Wildman–Crippen MR) is 104 cm³/mol. The monoisotopic (exact) mass is 387 g/mol. The van der Waals surface area contributed by atoms with E-state index in [4.69, 9.17) is 11.6 Å². The van der Waals surface area contributed by atoms with Gasteiger partial charge in [0.05, 0.1) is 10.6 Å². The minimum absolute atomic E-state index is 0.0968. The minimum Gasteiger partial charge on any atom is -0.352 e. The second kappa shape index (κ2) is 10.4. The molecule has 2 atom stereocenters. The van der Waals surface area contributed by atoms with Crippen molar-refractivity contribution in [1.82, 2.24) is 10.6 Å². The summed E-state index contributed by atoms with van der Waals surface area (Å²) >= 11 is 6.15. The molecule has 3 N–H and O–H groups in total. The first-order valence-electron chi connectivity index (χ1n) is 8.14. The van der Waals surface area contributed by atoms with E-state index in [1.807, 2.05) is 20.8 Å². The van der Waals surface area contributed by atoms with Crippen LogP contribution in [0.2, 0.25) is 5.02 Å². The predicted octanol–water partition coefficient (Wildman–Crippen LogP) is 3.00. The van der Waals surface area contributed by atoms with Crippen LogP contribution in [0.4, 0.5) is 10.5 Å². The lowest BCUT2D eigenvalue weighted by Crippen LogP contribution is -2.36. The molecule has 25 heavy (non-hydrogen) atoms. The largest absolute Gasteiger partial charge is 0.352 e. The Balaban J connectivity index is 2.60. The van der Waals surface area contributed by atoms with Gasteiger partial charge in [-0.05, 0) is 37.5 Å². The van der Waals surface area contributed by atoms with Gasteiger partial charge in [-0.1, -0.05) is 25.4 Å². The molecule has 3 amide bonds. The fourth-order valence-corrected chi connectivity index (χ4v) is 2.93. The third kappa shape index (κ3) is 8.36. The fraction of sp³-hybridized carbons (Fsp3) is 0.529. The molecule has 6 nitrogen and oxygen atoms in total. The molecule has 0 saturated carbocycles. The van der Waals surface area contributed by atoms with Gasteiger partial charge in [-0.25, -0.2) is 4.79 Å². The van der Waals surface area contributed by atoms with Crippen LogP contribution in [0.3, 0.4) is 0 Å². The molecule has 1 aromatic rings. The molecule has 1 rings (SSSR count). The van der Waals surface area contributed by atoms with Crippen molar-refractivity contribution in [2.75, 3.05) is 23.9 Å². The number of urea groups is 1. The van der Waals surface area contributed by atoms with Crippen LogP contribution in [0.5, 0.6) is 0 Å². The molecule has 0 bridgehead atoms. The van der Waals surface area contributed by atoms with Crippen LogP contribution < -0.4 is 16.0 Å². The highest BCUT2D eigenvalue weighted by Crippen LogP contribution is 2.21. The topological polar surface area (TPSA) is 87.3 Å². The van der Waals surface area contributed by atoms with Gasteiger partial charge in [-0.3, -0.25) is 9.00 Å². The highest BCUT2D eigenvalue weighted by molar-refractivity contribution is 7.84. The van der Waals surface area contributed by atoms with Gasteiger partial charge in [0.2, 0.25) is 0 Å². The summed E-state index contributed by atoms with van der Waals surface area (Å²) in [6.07, 6.45) is 2.26. The molecule has 1 aromatic carbocycles. The van der Waals surface area contributed by atoms with Crippen molar-refractivity contribution in [3.8, 4) is 0 Å². The van der Waals surface area contributed by atoms with E-state index in [1.54, 1.807) is 18.4 Å². The van der Waals surface area contributed by atoms with Gasteiger partial charge in [0.1, 0.15) is 0 Å².